The minimum Gasteiger partial charge on any atom is -0.453 e. The molecular weight excluding hydrogens is 595 g/mol. The Labute approximate surface area is 285 Å². The van der Waals surface area contributed by atoms with Gasteiger partial charge in [0.15, 0.2) is 5.58 Å². The monoisotopic (exact) mass is 627 g/mol. The Morgan fingerprint density at radius 1 is 0.449 bits per heavy atom. The van der Waals surface area contributed by atoms with Crippen LogP contribution in [0.4, 0.5) is 17.1 Å². The summed E-state index contributed by atoms with van der Waals surface area (Å²) in [6, 6.07) is 59.2. The molecule has 0 unspecified atom stereocenters. The van der Waals surface area contributed by atoms with Crippen LogP contribution in [0.3, 0.4) is 0 Å². The summed E-state index contributed by atoms with van der Waals surface area (Å²) >= 11 is 0. The van der Waals surface area contributed by atoms with Crippen LogP contribution < -0.4 is 4.90 Å². The number of anilines is 3. The smallest absolute Gasteiger partial charge is 0.159 e. The highest BCUT2D eigenvalue weighted by Gasteiger charge is 2.37. The van der Waals surface area contributed by atoms with Gasteiger partial charge in [0, 0.05) is 33.1 Å². The number of furan rings is 1. The molecule has 0 spiro atoms. The first kappa shape index (κ1) is 27.9. The van der Waals surface area contributed by atoms with Crippen molar-refractivity contribution in [1.82, 2.24) is 0 Å². The SMILES string of the molecule is CC1(C)c2cc3cc(N(c4ccccc4)c4cccc5c4oc4c(-c6ccccc6)cccc45)ccc3cc2-c2ccc3ccccc3c21. The van der Waals surface area contributed by atoms with Crippen molar-refractivity contribution in [2.24, 2.45) is 0 Å². The Kier molecular flexibility index (Phi) is 5.95. The summed E-state index contributed by atoms with van der Waals surface area (Å²) in [4.78, 5) is 2.34. The molecule has 1 heterocycles. The summed E-state index contributed by atoms with van der Waals surface area (Å²) in [5.74, 6) is 0. The van der Waals surface area contributed by atoms with Crippen LogP contribution >= 0.6 is 0 Å². The van der Waals surface area contributed by atoms with E-state index in [9.17, 15) is 0 Å². The number of hydrogen-bond donors (Lipinski definition) is 0. The highest BCUT2D eigenvalue weighted by atomic mass is 16.3. The molecule has 0 aliphatic heterocycles. The van der Waals surface area contributed by atoms with E-state index in [1.807, 2.05) is 0 Å². The van der Waals surface area contributed by atoms with E-state index in [1.165, 1.54) is 43.8 Å². The lowest BCUT2D eigenvalue weighted by atomic mass is 9.80. The Morgan fingerprint density at radius 3 is 1.98 bits per heavy atom. The Bertz CT molecular complexity index is 2740. The largest absolute Gasteiger partial charge is 0.453 e. The second-order valence-electron chi connectivity index (χ2n) is 13.7. The summed E-state index contributed by atoms with van der Waals surface area (Å²) in [6.07, 6.45) is 0. The van der Waals surface area contributed by atoms with E-state index in [1.54, 1.807) is 0 Å². The van der Waals surface area contributed by atoms with Gasteiger partial charge in [-0.05, 0) is 91.8 Å². The lowest BCUT2D eigenvalue weighted by Gasteiger charge is -2.26. The standard InChI is InChI=1S/C47H33NO/c1-47(2)42-29-33-27-35(25-23-32(33)28-41(42)38-26-24-31-15-9-10-18-36(31)44(38)47)48(34-16-7-4-8-17-34)43-22-12-21-40-39-20-11-19-37(45(39)49-46(40)43)30-13-5-3-6-14-30/h3-29H,1-2H3. The van der Waals surface area contributed by atoms with Gasteiger partial charge in [-0.3, -0.25) is 0 Å². The van der Waals surface area contributed by atoms with Gasteiger partial charge in [-0.15, -0.1) is 0 Å². The van der Waals surface area contributed by atoms with Crippen LogP contribution in [0.1, 0.15) is 25.0 Å². The Hall–Kier alpha value is -6.12. The van der Waals surface area contributed by atoms with Crippen LogP contribution in [0, 0.1) is 0 Å². The zero-order valence-electron chi connectivity index (χ0n) is 27.4. The molecule has 0 bridgehead atoms. The molecule has 2 nitrogen and oxygen atoms in total. The van der Waals surface area contributed by atoms with Crippen molar-refractivity contribution in [2.75, 3.05) is 4.90 Å². The van der Waals surface area contributed by atoms with Crippen molar-refractivity contribution in [2.45, 2.75) is 19.3 Å². The molecule has 0 amide bonds. The predicted octanol–water partition coefficient (Wildman–Crippen LogP) is 13.3. The van der Waals surface area contributed by atoms with Gasteiger partial charge < -0.3 is 9.32 Å². The summed E-state index contributed by atoms with van der Waals surface area (Å²) in [5.41, 5.74) is 12.6. The van der Waals surface area contributed by atoms with Crippen LogP contribution in [0.2, 0.25) is 0 Å². The fourth-order valence-corrected chi connectivity index (χ4v) is 8.30. The zero-order chi connectivity index (χ0) is 32.7. The third-order valence-electron chi connectivity index (χ3n) is 10.6. The molecule has 0 N–H and O–H groups in total. The second-order valence-corrected chi connectivity index (χ2v) is 13.7. The molecule has 1 aliphatic rings. The van der Waals surface area contributed by atoms with Crippen molar-refractivity contribution in [3.63, 3.8) is 0 Å². The first-order valence-electron chi connectivity index (χ1n) is 17.0. The van der Waals surface area contributed by atoms with E-state index in [4.69, 9.17) is 4.42 Å². The summed E-state index contributed by atoms with van der Waals surface area (Å²) in [7, 11) is 0. The van der Waals surface area contributed by atoms with Gasteiger partial charge in [-0.2, -0.15) is 0 Å². The molecule has 0 saturated heterocycles. The van der Waals surface area contributed by atoms with Gasteiger partial charge in [0.2, 0.25) is 0 Å². The first-order chi connectivity index (χ1) is 24.1. The zero-order valence-corrected chi connectivity index (χ0v) is 27.4. The van der Waals surface area contributed by atoms with Crippen molar-refractivity contribution in [3.8, 4) is 22.3 Å². The molecule has 1 aliphatic carbocycles. The molecule has 0 atom stereocenters. The number of benzene rings is 8. The summed E-state index contributed by atoms with van der Waals surface area (Å²) < 4.78 is 6.90. The quantitative estimate of drug-likeness (QED) is 0.193. The lowest BCUT2D eigenvalue weighted by Crippen LogP contribution is -2.15. The van der Waals surface area contributed by atoms with E-state index in [0.717, 1.165) is 50.1 Å². The predicted molar refractivity (Wildman–Crippen MR) is 206 cm³/mol. The summed E-state index contributed by atoms with van der Waals surface area (Å²) in [6.45, 7) is 4.75. The number of hydrogen-bond acceptors (Lipinski definition) is 2. The van der Waals surface area contributed by atoms with E-state index in [0.29, 0.717) is 0 Å². The molecule has 232 valence electrons. The van der Waals surface area contributed by atoms with Gasteiger partial charge in [0.05, 0.1) is 5.69 Å². The van der Waals surface area contributed by atoms with Crippen LogP contribution in [0.15, 0.2) is 168 Å². The van der Waals surface area contributed by atoms with Crippen LogP contribution in [-0.2, 0) is 5.41 Å². The molecule has 1 aromatic heterocycles. The van der Waals surface area contributed by atoms with Gasteiger partial charge >= 0.3 is 0 Å². The maximum atomic E-state index is 6.90. The minimum absolute atomic E-state index is 0.120. The average molecular weight is 628 g/mol. The fourth-order valence-electron chi connectivity index (χ4n) is 8.30. The number of nitrogens with zero attached hydrogens (tertiary/aromatic N) is 1. The maximum absolute atomic E-state index is 6.90. The Balaban J connectivity index is 1.17. The highest BCUT2D eigenvalue weighted by Crippen LogP contribution is 2.53. The molecule has 8 aromatic carbocycles. The first-order valence-corrected chi connectivity index (χ1v) is 17.0. The van der Waals surface area contributed by atoms with Gasteiger partial charge in [-0.1, -0.05) is 135 Å². The van der Waals surface area contributed by atoms with E-state index < -0.39 is 0 Å². The Morgan fingerprint density at radius 2 is 1.14 bits per heavy atom. The van der Waals surface area contributed by atoms with Crippen LogP contribution in [0.25, 0.3) is 65.7 Å². The molecule has 0 fully saturated rings. The van der Waals surface area contributed by atoms with Gasteiger partial charge in [0.25, 0.3) is 0 Å². The average Bonchev–Trinajstić information content (AvgIpc) is 3.64. The number of rotatable bonds is 4. The fraction of sp³-hybridized carbons (Fsp3) is 0.0638. The molecule has 49 heavy (non-hydrogen) atoms. The molecule has 10 rings (SSSR count). The van der Waals surface area contributed by atoms with Crippen LogP contribution in [0.5, 0.6) is 0 Å². The highest BCUT2D eigenvalue weighted by molar-refractivity contribution is 6.13. The molecule has 9 aromatic rings. The van der Waals surface area contributed by atoms with Gasteiger partial charge in [0.1, 0.15) is 5.58 Å². The summed E-state index contributed by atoms with van der Waals surface area (Å²) in [5, 5.41) is 7.33. The lowest BCUT2D eigenvalue weighted by molar-refractivity contribution is 0.667. The molecule has 0 saturated carbocycles. The third-order valence-corrected chi connectivity index (χ3v) is 10.6. The third kappa shape index (κ3) is 4.14. The number of fused-ring (bicyclic) bond motifs is 9. The normalized spacial score (nSPS) is 13.3. The van der Waals surface area contributed by atoms with Crippen LogP contribution in [-0.4, -0.2) is 0 Å². The number of para-hydroxylation sites is 3. The van der Waals surface area contributed by atoms with Crippen molar-refractivity contribution >= 4 is 60.5 Å². The molecule has 2 heteroatoms. The maximum Gasteiger partial charge on any atom is 0.159 e. The van der Waals surface area contributed by atoms with Crippen molar-refractivity contribution < 1.29 is 4.42 Å². The van der Waals surface area contributed by atoms with E-state index >= 15 is 0 Å². The second kappa shape index (κ2) is 10.4. The molecular formula is C47H33NO. The minimum atomic E-state index is -0.120. The molecule has 0 radical (unpaired) electrons. The van der Waals surface area contributed by atoms with Crippen molar-refractivity contribution in [3.05, 3.63) is 175 Å². The van der Waals surface area contributed by atoms with Gasteiger partial charge in [-0.25, -0.2) is 0 Å². The van der Waals surface area contributed by atoms with Crippen molar-refractivity contribution in [1.29, 1.82) is 0 Å². The van der Waals surface area contributed by atoms with E-state index in [-0.39, 0.29) is 5.41 Å². The topological polar surface area (TPSA) is 16.4 Å². The van der Waals surface area contributed by atoms with E-state index in [2.05, 4.69) is 183 Å².